The van der Waals surface area contributed by atoms with E-state index < -0.39 is 21.0 Å². The summed E-state index contributed by atoms with van der Waals surface area (Å²) in [6, 6.07) is 13.5. The summed E-state index contributed by atoms with van der Waals surface area (Å²) in [7, 11) is -4.17. The SMILES string of the molecule is C=CC(c1cccc(Cl)c1)S(=O)(=O)c1c(C2=CCCC=C2)c(-c2ccc(Cl)cc2)nn1C(=N)N. The summed E-state index contributed by atoms with van der Waals surface area (Å²) in [5.74, 6) is -0.519. The van der Waals surface area contributed by atoms with E-state index in [9.17, 15) is 8.42 Å². The van der Waals surface area contributed by atoms with Crippen LogP contribution in [0.2, 0.25) is 10.0 Å². The van der Waals surface area contributed by atoms with Gasteiger partial charge in [0.05, 0.1) is 0 Å². The standard InChI is InChI=1S/C25H22Cl2N4O2S/c1-2-21(18-9-6-10-20(27)15-18)34(32,33)24-22(16-7-4-3-5-8-16)23(30-31(24)25(28)29)17-11-13-19(26)14-12-17/h2,4,6-15,21H,1,3,5H2,(H3,28,29). The van der Waals surface area contributed by atoms with E-state index in [4.69, 9.17) is 34.3 Å². The molecule has 6 nitrogen and oxygen atoms in total. The highest BCUT2D eigenvalue weighted by Gasteiger charge is 2.37. The van der Waals surface area contributed by atoms with Gasteiger partial charge in [-0.1, -0.05) is 71.8 Å². The van der Waals surface area contributed by atoms with Gasteiger partial charge in [-0.25, -0.2) is 8.42 Å². The zero-order valence-electron chi connectivity index (χ0n) is 18.1. The Bertz CT molecular complexity index is 1440. The minimum atomic E-state index is -4.17. The quantitative estimate of drug-likeness (QED) is 0.239. The maximum Gasteiger partial charge on any atom is 0.214 e. The van der Waals surface area contributed by atoms with E-state index in [1.54, 1.807) is 48.5 Å². The predicted octanol–water partition coefficient (Wildman–Crippen LogP) is 6.03. The van der Waals surface area contributed by atoms with Crippen molar-refractivity contribution in [2.75, 3.05) is 0 Å². The monoisotopic (exact) mass is 512 g/mol. The van der Waals surface area contributed by atoms with E-state index >= 15 is 0 Å². The average molecular weight is 513 g/mol. The molecule has 4 rings (SSSR count). The summed E-state index contributed by atoms with van der Waals surface area (Å²) in [5, 5.41) is 12.2. The number of nitrogens with two attached hydrogens (primary N) is 1. The second-order valence-electron chi connectivity index (χ2n) is 7.73. The lowest BCUT2D eigenvalue weighted by Crippen LogP contribution is -2.27. The lowest BCUT2D eigenvalue weighted by molar-refractivity contribution is 0.581. The molecule has 0 bridgehead atoms. The summed E-state index contributed by atoms with van der Waals surface area (Å²) in [6.45, 7) is 3.77. The molecule has 34 heavy (non-hydrogen) atoms. The molecule has 174 valence electrons. The van der Waals surface area contributed by atoms with Crippen LogP contribution in [-0.4, -0.2) is 24.2 Å². The van der Waals surface area contributed by atoms with Crippen LogP contribution in [0.25, 0.3) is 16.8 Å². The third kappa shape index (κ3) is 4.46. The zero-order chi connectivity index (χ0) is 24.5. The maximum atomic E-state index is 14.2. The van der Waals surface area contributed by atoms with Crippen LogP contribution in [-0.2, 0) is 9.84 Å². The molecule has 0 fully saturated rings. The van der Waals surface area contributed by atoms with Crippen LogP contribution in [0.4, 0.5) is 0 Å². The van der Waals surface area contributed by atoms with Crippen molar-refractivity contribution >= 4 is 44.6 Å². The molecule has 0 spiro atoms. The molecule has 3 N–H and O–H groups in total. The molecular formula is C25H22Cl2N4O2S. The molecule has 0 saturated carbocycles. The minimum Gasteiger partial charge on any atom is -0.368 e. The number of nitrogen functional groups attached to an aromatic ring is 1. The second-order valence-corrected chi connectivity index (χ2v) is 10.6. The van der Waals surface area contributed by atoms with Gasteiger partial charge in [-0.3, -0.25) is 5.41 Å². The first-order chi connectivity index (χ1) is 16.2. The van der Waals surface area contributed by atoms with Crippen molar-refractivity contribution < 1.29 is 8.42 Å². The van der Waals surface area contributed by atoms with Gasteiger partial charge >= 0.3 is 0 Å². The summed E-state index contributed by atoms with van der Waals surface area (Å²) in [6.07, 6.45) is 8.74. The first-order valence-corrected chi connectivity index (χ1v) is 12.8. The van der Waals surface area contributed by atoms with Crippen LogP contribution in [0, 0.1) is 5.41 Å². The fourth-order valence-corrected chi connectivity index (χ4v) is 6.15. The molecule has 2 aromatic carbocycles. The van der Waals surface area contributed by atoms with E-state index in [2.05, 4.69) is 11.7 Å². The lowest BCUT2D eigenvalue weighted by Gasteiger charge is -2.18. The van der Waals surface area contributed by atoms with Gasteiger partial charge < -0.3 is 5.73 Å². The Hall–Kier alpha value is -3.13. The highest BCUT2D eigenvalue weighted by molar-refractivity contribution is 7.91. The molecule has 1 aliphatic rings. The van der Waals surface area contributed by atoms with E-state index in [0.717, 1.165) is 17.5 Å². The topological polar surface area (TPSA) is 102 Å². The Morgan fingerprint density at radius 1 is 1.15 bits per heavy atom. The van der Waals surface area contributed by atoms with E-state index in [0.29, 0.717) is 38.0 Å². The van der Waals surface area contributed by atoms with Crippen molar-refractivity contribution in [2.24, 2.45) is 5.73 Å². The number of nitrogens with zero attached hydrogens (tertiary/aromatic N) is 2. The van der Waals surface area contributed by atoms with Crippen LogP contribution in [0.3, 0.4) is 0 Å². The molecule has 1 heterocycles. The number of aromatic nitrogens is 2. The molecule has 1 unspecified atom stereocenters. The molecule has 0 aliphatic heterocycles. The van der Waals surface area contributed by atoms with Crippen LogP contribution in [0.15, 0.2) is 84.4 Å². The van der Waals surface area contributed by atoms with Gasteiger partial charge in [0, 0.05) is 21.2 Å². The molecule has 0 amide bonds. The third-order valence-electron chi connectivity index (χ3n) is 5.47. The number of sulfone groups is 1. The molecule has 0 radical (unpaired) electrons. The third-order valence-corrected chi connectivity index (χ3v) is 8.00. The van der Waals surface area contributed by atoms with Crippen molar-refractivity contribution in [3.63, 3.8) is 0 Å². The Morgan fingerprint density at radius 3 is 2.47 bits per heavy atom. The first kappa shape index (κ1) is 24.0. The molecule has 1 aromatic heterocycles. The Kier molecular flexibility index (Phi) is 6.79. The van der Waals surface area contributed by atoms with Gasteiger partial charge in [0.1, 0.15) is 10.9 Å². The Balaban J connectivity index is 2.05. The number of halogens is 2. The summed E-state index contributed by atoms with van der Waals surface area (Å²) in [5.41, 5.74) is 8.39. The number of benzene rings is 2. The van der Waals surface area contributed by atoms with Crippen LogP contribution in [0.5, 0.6) is 0 Å². The van der Waals surface area contributed by atoms with E-state index in [1.165, 1.54) is 6.08 Å². The fraction of sp³-hybridized carbons (Fsp3) is 0.120. The van der Waals surface area contributed by atoms with Gasteiger partial charge in [0.15, 0.2) is 5.03 Å². The Morgan fingerprint density at radius 2 is 1.88 bits per heavy atom. The molecule has 0 saturated heterocycles. The lowest BCUT2D eigenvalue weighted by atomic mass is 9.97. The maximum absolute atomic E-state index is 14.2. The summed E-state index contributed by atoms with van der Waals surface area (Å²) in [4.78, 5) is 0. The summed E-state index contributed by atoms with van der Waals surface area (Å²) >= 11 is 12.2. The van der Waals surface area contributed by atoms with Crippen LogP contribution >= 0.6 is 23.2 Å². The van der Waals surface area contributed by atoms with Crippen molar-refractivity contribution in [3.8, 4) is 11.3 Å². The van der Waals surface area contributed by atoms with Gasteiger partial charge in [0.2, 0.25) is 15.8 Å². The van der Waals surface area contributed by atoms with Gasteiger partial charge in [0.25, 0.3) is 0 Å². The number of hydrogen-bond acceptors (Lipinski definition) is 4. The number of nitrogens with one attached hydrogen (secondary N) is 1. The van der Waals surface area contributed by atoms with Gasteiger partial charge in [-0.2, -0.15) is 9.78 Å². The second kappa shape index (κ2) is 9.62. The van der Waals surface area contributed by atoms with Crippen molar-refractivity contribution in [2.45, 2.75) is 23.1 Å². The van der Waals surface area contributed by atoms with Crippen LogP contribution in [0.1, 0.15) is 29.2 Å². The predicted molar refractivity (Wildman–Crippen MR) is 138 cm³/mol. The smallest absolute Gasteiger partial charge is 0.214 e. The van der Waals surface area contributed by atoms with E-state index in [1.807, 2.05) is 18.2 Å². The van der Waals surface area contributed by atoms with Gasteiger partial charge in [-0.05, 0) is 48.2 Å². The molecule has 3 aromatic rings. The molecule has 1 atom stereocenters. The zero-order valence-corrected chi connectivity index (χ0v) is 20.4. The first-order valence-electron chi connectivity index (χ1n) is 10.5. The number of hydrogen-bond donors (Lipinski definition) is 2. The highest BCUT2D eigenvalue weighted by Crippen LogP contribution is 2.41. The number of rotatable bonds is 6. The van der Waals surface area contributed by atoms with Crippen molar-refractivity contribution in [1.29, 1.82) is 5.41 Å². The van der Waals surface area contributed by atoms with Crippen LogP contribution < -0.4 is 5.73 Å². The number of allylic oxidation sites excluding steroid dienone is 4. The minimum absolute atomic E-state index is 0.173. The molecular weight excluding hydrogens is 491 g/mol. The average Bonchev–Trinajstić information content (AvgIpc) is 3.23. The Labute approximate surface area is 208 Å². The highest BCUT2D eigenvalue weighted by atomic mass is 35.5. The van der Waals surface area contributed by atoms with Crippen molar-refractivity contribution in [1.82, 2.24) is 9.78 Å². The van der Waals surface area contributed by atoms with Crippen molar-refractivity contribution in [3.05, 3.63) is 101 Å². The normalized spacial score (nSPS) is 14.5. The largest absolute Gasteiger partial charge is 0.368 e. The van der Waals surface area contributed by atoms with E-state index in [-0.39, 0.29) is 5.03 Å². The fourth-order valence-electron chi connectivity index (χ4n) is 3.94. The molecule has 1 aliphatic carbocycles. The molecule has 9 heteroatoms. The summed E-state index contributed by atoms with van der Waals surface area (Å²) < 4.78 is 29.3. The van der Waals surface area contributed by atoms with Gasteiger partial charge in [-0.15, -0.1) is 6.58 Å².